The van der Waals surface area contributed by atoms with E-state index >= 15 is 0 Å². The number of nitrogens with one attached hydrogen (secondary N) is 3. The standard InChI is InChI=1S/C21H31N7O3S/c1-16(2)23-10-5-11-25-32(29,30)19-8-6-18(7-9-19)26-21-24-15-17(14-22)20(27-21)28(3)12-13-31-4/h6-9,15-16,23,25H,5,10-13H2,1-4H3,(H,24,26,27). The van der Waals surface area contributed by atoms with Gasteiger partial charge in [-0.05, 0) is 37.2 Å². The Morgan fingerprint density at radius 3 is 2.56 bits per heavy atom. The highest BCUT2D eigenvalue weighted by molar-refractivity contribution is 7.89. The second kappa shape index (κ2) is 12.3. The highest BCUT2D eigenvalue weighted by atomic mass is 32.2. The first kappa shape index (κ1) is 25.5. The van der Waals surface area contributed by atoms with Crippen LogP contribution in [0.4, 0.5) is 17.5 Å². The van der Waals surface area contributed by atoms with E-state index in [9.17, 15) is 13.7 Å². The van der Waals surface area contributed by atoms with Gasteiger partial charge >= 0.3 is 0 Å². The van der Waals surface area contributed by atoms with Crippen LogP contribution < -0.4 is 20.3 Å². The SMILES string of the molecule is COCCN(C)c1nc(Nc2ccc(S(=O)(=O)NCCCNC(C)C)cc2)ncc1C#N. The molecule has 11 heteroatoms. The van der Waals surface area contributed by atoms with E-state index in [-0.39, 0.29) is 4.90 Å². The number of hydrogen-bond donors (Lipinski definition) is 3. The van der Waals surface area contributed by atoms with Gasteiger partial charge in [0.2, 0.25) is 16.0 Å². The topological polar surface area (TPSA) is 132 Å². The number of rotatable bonds is 13. The first-order chi connectivity index (χ1) is 15.3. The second-order valence-electron chi connectivity index (χ2n) is 7.47. The summed E-state index contributed by atoms with van der Waals surface area (Å²) in [6.45, 7) is 6.25. The summed E-state index contributed by atoms with van der Waals surface area (Å²) >= 11 is 0. The van der Waals surface area contributed by atoms with Crippen molar-refractivity contribution in [2.45, 2.75) is 31.2 Å². The molecule has 0 aliphatic heterocycles. The summed E-state index contributed by atoms with van der Waals surface area (Å²) in [5.74, 6) is 0.784. The van der Waals surface area contributed by atoms with Crippen LogP contribution in [-0.2, 0) is 14.8 Å². The second-order valence-corrected chi connectivity index (χ2v) is 9.23. The molecule has 0 radical (unpaired) electrons. The molecule has 1 aromatic heterocycles. The Bertz CT molecular complexity index is 1010. The molecule has 1 heterocycles. The van der Waals surface area contributed by atoms with Gasteiger partial charge in [-0.1, -0.05) is 13.8 Å². The molecule has 32 heavy (non-hydrogen) atoms. The minimum atomic E-state index is -3.58. The molecule has 1 aromatic carbocycles. The van der Waals surface area contributed by atoms with Crippen molar-refractivity contribution in [3.63, 3.8) is 0 Å². The van der Waals surface area contributed by atoms with E-state index in [1.807, 2.05) is 25.8 Å². The lowest BCUT2D eigenvalue weighted by molar-refractivity contribution is 0.206. The normalized spacial score (nSPS) is 11.4. The molecule has 0 aliphatic rings. The minimum absolute atomic E-state index is 0.181. The number of nitriles is 1. The highest BCUT2D eigenvalue weighted by Gasteiger charge is 2.14. The average molecular weight is 462 g/mol. The lowest BCUT2D eigenvalue weighted by Gasteiger charge is -2.19. The van der Waals surface area contributed by atoms with E-state index in [1.54, 1.807) is 19.2 Å². The van der Waals surface area contributed by atoms with Crippen LogP contribution in [0.1, 0.15) is 25.8 Å². The zero-order chi connectivity index (χ0) is 23.6. The largest absolute Gasteiger partial charge is 0.383 e. The van der Waals surface area contributed by atoms with Gasteiger partial charge in [0, 0.05) is 39.0 Å². The maximum atomic E-state index is 12.5. The molecule has 0 spiro atoms. The summed E-state index contributed by atoms with van der Waals surface area (Å²) in [6.07, 6.45) is 2.15. The molecular weight excluding hydrogens is 430 g/mol. The Balaban J connectivity index is 2.03. The summed E-state index contributed by atoms with van der Waals surface area (Å²) < 4.78 is 32.6. The van der Waals surface area contributed by atoms with Crippen molar-refractivity contribution in [3.8, 4) is 6.07 Å². The van der Waals surface area contributed by atoms with E-state index in [4.69, 9.17) is 4.74 Å². The minimum Gasteiger partial charge on any atom is -0.383 e. The third-order valence-electron chi connectivity index (χ3n) is 4.50. The van der Waals surface area contributed by atoms with Crippen molar-refractivity contribution in [3.05, 3.63) is 36.0 Å². The third-order valence-corrected chi connectivity index (χ3v) is 5.98. The maximum Gasteiger partial charge on any atom is 0.240 e. The monoisotopic (exact) mass is 461 g/mol. The van der Waals surface area contributed by atoms with Gasteiger partial charge in [-0.3, -0.25) is 0 Å². The number of anilines is 3. The van der Waals surface area contributed by atoms with E-state index in [2.05, 4.69) is 31.4 Å². The Morgan fingerprint density at radius 2 is 1.94 bits per heavy atom. The fourth-order valence-electron chi connectivity index (χ4n) is 2.75. The quantitative estimate of drug-likeness (QED) is 0.382. The first-order valence-electron chi connectivity index (χ1n) is 10.3. The molecule has 0 aliphatic carbocycles. The molecule has 0 saturated heterocycles. The van der Waals surface area contributed by atoms with Crippen LogP contribution in [0.2, 0.25) is 0 Å². The number of methoxy groups -OCH3 is 1. The van der Waals surface area contributed by atoms with Gasteiger partial charge < -0.3 is 20.3 Å². The molecule has 0 atom stereocenters. The molecule has 3 N–H and O–H groups in total. The number of ether oxygens (including phenoxy) is 1. The predicted molar refractivity (Wildman–Crippen MR) is 125 cm³/mol. The van der Waals surface area contributed by atoms with Crippen LogP contribution in [0.3, 0.4) is 0 Å². The number of nitrogens with zero attached hydrogens (tertiary/aromatic N) is 4. The summed E-state index contributed by atoms with van der Waals surface area (Å²) in [6, 6.07) is 8.78. The molecule has 2 aromatic rings. The van der Waals surface area contributed by atoms with E-state index in [1.165, 1.54) is 18.3 Å². The van der Waals surface area contributed by atoms with Crippen LogP contribution >= 0.6 is 0 Å². The zero-order valence-electron chi connectivity index (χ0n) is 18.9. The van der Waals surface area contributed by atoms with E-state index < -0.39 is 10.0 Å². The lowest BCUT2D eigenvalue weighted by Crippen LogP contribution is -2.29. The van der Waals surface area contributed by atoms with E-state index in [0.717, 1.165) is 6.54 Å². The molecular formula is C21H31N7O3S. The van der Waals surface area contributed by atoms with Gasteiger partial charge in [-0.15, -0.1) is 0 Å². The molecule has 0 unspecified atom stereocenters. The van der Waals surface area contributed by atoms with Gasteiger partial charge in [0.15, 0.2) is 5.82 Å². The fraction of sp³-hybridized carbons (Fsp3) is 0.476. The number of benzene rings is 1. The third kappa shape index (κ3) is 7.72. The maximum absolute atomic E-state index is 12.5. The molecule has 2 rings (SSSR count). The summed E-state index contributed by atoms with van der Waals surface area (Å²) in [7, 11) is -0.154. The molecule has 0 bridgehead atoms. The Kier molecular flexibility index (Phi) is 9.80. The number of aromatic nitrogens is 2. The van der Waals surface area contributed by atoms with Crippen molar-refractivity contribution in [2.24, 2.45) is 0 Å². The van der Waals surface area contributed by atoms with Crippen molar-refractivity contribution in [1.82, 2.24) is 20.0 Å². The van der Waals surface area contributed by atoms with Crippen LogP contribution in [0.5, 0.6) is 0 Å². The van der Waals surface area contributed by atoms with E-state index in [0.29, 0.717) is 55.2 Å². The molecule has 0 fully saturated rings. The number of hydrogen-bond acceptors (Lipinski definition) is 9. The van der Waals surface area contributed by atoms with Gasteiger partial charge in [0.05, 0.1) is 17.7 Å². The molecule has 174 valence electrons. The highest BCUT2D eigenvalue weighted by Crippen LogP contribution is 2.21. The van der Waals surface area contributed by atoms with Crippen molar-refractivity contribution in [2.75, 3.05) is 50.6 Å². The summed E-state index contributed by atoms with van der Waals surface area (Å²) in [4.78, 5) is 10.6. The van der Waals surface area contributed by atoms with Crippen molar-refractivity contribution >= 4 is 27.5 Å². The zero-order valence-corrected chi connectivity index (χ0v) is 19.7. The Labute approximate surface area is 190 Å². The molecule has 0 amide bonds. The number of sulfonamides is 1. The van der Waals surface area contributed by atoms with Crippen LogP contribution in [0.15, 0.2) is 35.4 Å². The smallest absolute Gasteiger partial charge is 0.240 e. The number of likely N-dealkylation sites (N-methyl/N-ethyl adjacent to an activating group) is 1. The van der Waals surface area contributed by atoms with Crippen LogP contribution in [-0.4, -0.2) is 64.8 Å². The van der Waals surface area contributed by atoms with Crippen molar-refractivity contribution < 1.29 is 13.2 Å². The van der Waals surface area contributed by atoms with Crippen LogP contribution in [0.25, 0.3) is 0 Å². The molecule has 10 nitrogen and oxygen atoms in total. The lowest BCUT2D eigenvalue weighted by atomic mass is 10.3. The van der Waals surface area contributed by atoms with Crippen LogP contribution in [0, 0.1) is 11.3 Å². The first-order valence-corrected chi connectivity index (χ1v) is 11.8. The van der Waals surface area contributed by atoms with Gasteiger partial charge in [0.1, 0.15) is 11.6 Å². The summed E-state index contributed by atoms with van der Waals surface area (Å²) in [5, 5.41) is 15.6. The van der Waals surface area contributed by atoms with Gasteiger partial charge in [0.25, 0.3) is 0 Å². The summed E-state index contributed by atoms with van der Waals surface area (Å²) in [5.41, 5.74) is 0.977. The average Bonchev–Trinajstić information content (AvgIpc) is 2.77. The fourth-order valence-corrected chi connectivity index (χ4v) is 3.83. The molecule has 0 saturated carbocycles. The Hall–Kier alpha value is -2.78. The van der Waals surface area contributed by atoms with Gasteiger partial charge in [-0.25, -0.2) is 18.1 Å². The van der Waals surface area contributed by atoms with Gasteiger partial charge in [-0.2, -0.15) is 10.2 Å². The predicted octanol–water partition coefficient (Wildman–Crippen LogP) is 1.84. The Morgan fingerprint density at radius 1 is 1.22 bits per heavy atom. The van der Waals surface area contributed by atoms with Crippen molar-refractivity contribution in [1.29, 1.82) is 5.26 Å².